The van der Waals surface area contributed by atoms with Gasteiger partial charge in [0.1, 0.15) is 6.61 Å². The lowest BCUT2D eigenvalue weighted by Gasteiger charge is -1.94. The first-order valence-electron chi connectivity index (χ1n) is 4.34. The molecule has 4 heteroatoms. The second kappa shape index (κ2) is 3.87. The maximum absolute atomic E-state index is 11.2. The van der Waals surface area contributed by atoms with E-state index < -0.39 is 11.8 Å². The Balaban J connectivity index is 2.27. The van der Waals surface area contributed by atoms with Gasteiger partial charge in [0.2, 0.25) is 0 Å². The summed E-state index contributed by atoms with van der Waals surface area (Å²) in [6.07, 6.45) is 1.63. The molecule has 1 heterocycles. The standard InChI is InChI=1S/C11H7ClO3/c12-9-3-1-7(2-4-9)5-8-6-15-11(14)10(8)13/h1-5H,6H2/b8-5-. The average Bonchev–Trinajstić information content (AvgIpc) is 2.53. The van der Waals surface area contributed by atoms with Crippen molar-refractivity contribution in [2.75, 3.05) is 6.61 Å². The van der Waals surface area contributed by atoms with Crippen LogP contribution in [0.1, 0.15) is 5.56 Å². The van der Waals surface area contributed by atoms with E-state index in [0.717, 1.165) is 5.56 Å². The van der Waals surface area contributed by atoms with E-state index in [9.17, 15) is 9.59 Å². The first-order valence-corrected chi connectivity index (χ1v) is 4.72. The van der Waals surface area contributed by atoms with Gasteiger partial charge in [-0.3, -0.25) is 4.79 Å². The number of carbonyl (C=O) groups excluding carboxylic acids is 2. The van der Waals surface area contributed by atoms with Crippen LogP contribution >= 0.6 is 11.6 Å². The van der Waals surface area contributed by atoms with Crippen molar-refractivity contribution in [2.24, 2.45) is 0 Å². The van der Waals surface area contributed by atoms with Gasteiger partial charge in [0.05, 0.1) is 0 Å². The zero-order valence-corrected chi connectivity index (χ0v) is 8.45. The van der Waals surface area contributed by atoms with E-state index in [0.29, 0.717) is 10.6 Å². The van der Waals surface area contributed by atoms with Crippen LogP contribution in [0.25, 0.3) is 6.08 Å². The maximum Gasteiger partial charge on any atom is 0.379 e. The molecule has 0 atom stereocenters. The molecule has 3 nitrogen and oxygen atoms in total. The SMILES string of the molecule is O=C1OC/C(=C/c2ccc(Cl)cc2)C1=O. The lowest BCUT2D eigenvalue weighted by atomic mass is 10.1. The molecule has 1 aromatic rings. The number of halogens is 1. The summed E-state index contributed by atoms with van der Waals surface area (Å²) in [5.41, 5.74) is 1.20. The van der Waals surface area contributed by atoms with E-state index in [4.69, 9.17) is 11.6 Å². The molecule has 2 rings (SSSR count). The summed E-state index contributed by atoms with van der Waals surface area (Å²) >= 11 is 5.71. The van der Waals surface area contributed by atoms with Crippen molar-refractivity contribution in [2.45, 2.75) is 0 Å². The Labute approximate surface area is 91.3 Å². The minimum absolute atomic E-state index is 0.0558. The van der Waals surface area contributed by atoms with Gasteiger partial charge >= 0.3 is 5.97 Å². The van der Waals surface area contributed by atoms with E-state index in [1.807, 2.05) is 0 Å². The van der Waals surface area contributed by atoms with E-state index in [-0.39, 0.29) is 6.61 Å². The fourth-order valence-corrected chi connectivity index (χ4v) is 1.40. The lowest BCUT2D eigenvalue weighted by Crippen LogP contribution is -2.05. The largest absolute Gasteiger partial charge is 0.455 e. The molecule has 0 bridgehead atoms. The predicted octanol–water partition coefficient (Wildman–Crippen LogP) is 1.85. The zero-order valence-electron chi connectivity index (χ0n) is 7.70. The highest BCUT2D eigenvalue weighted by Gasteiger charge is 2.28. The quantitative estimate of drug-likeness (QED) is 0.414. The van der Waals surface area contributed by atoms with Crippen molar-refractivity contribution in [1.82, 2.24) is 0 Å². The van der Waals surface area contributed by atoms with Crippen molar-refractivity contribution in [3.05, 3.63) is 40.4 Å². The summed E-state index contributed by atoms with van der Waals surface area (Å²) < 4.78 is 4.59. The third-order valence-corrected chi connectivity index (χ3v) is 2.30. The number of cyclic esters (lactones) is 1. The van der Waals surface area contributed by atoms with Crippen molar-refractivity contribution >= 4 is 29.4 Å². The van der Waals surface area contributed by atoms with Gasteiger partial charge < -0.3 is 4.74 Å². The molecule has 0 N–H and O–H groups in total. The molecule has 1 fully saturated rings. The highest BCUT2D eigenvalue weighted by molar-refractivity contribution is 6.43. The summed E-state index contributed by atoms with van der Waals surface area (Å²) in [6, 6.07) is 6.98. The van der Waals surface area contributed by atoms with Gasteiger partial charge in [-0.2, -0.15) is 0 Å². The Morgan fingerprint density at radius 3 is 2.40 bits per heavy atom. The van der Waals surface area contributed by atoms with Crippen LogP contribution in [0.5, 0.6) is 0 Å². The second-order valence-electron chi connectivity index (χ2n) is 3.13. The fraction of sp³-hybridized carbons (Fsp3) is 0.0909. The molecule has 1 aromatic carbocycles. The molecular formula is C11H7ClO3. The van der Waals surface area contributed by atoms with Crippen LogP contribution in [-0.4, -0.2) is 18.4 Å². The highest BCUT2D eigenvalue weighted by atomic mass is 35.5. The third kappa shape index (κ3) is 2.07. The minimum Gasteiger partial charge on any atom is -0.455 e. The smallest absolute Gasteiger partial charge is 0.379 e. The van der Waals surface area contributed by atoms with Crippen molar-refractivity contribution in [3.63, 3.8) is 0 Å². The minimum atomic E-state index is -0.782. The van der Waals surface area contributed by atoms with Crippen molar-refractivity contribution < 1.29 is 14.3 Å². The number of ether oxygens (including phenoxy) is 1. The van der Waals surface area contributed by atoms with E-state index >= 15 is 0 Å². The number of ketones is 1. The monoisotopic (exact) mass is 222 g/mol. The van der Waals surface area contributed by atoms with Crippen LogP contribution in [0.4, 0.5) is 0 Å². The van der Waals surface area contributed by atoms with Crippen LogP contribution in [-0.2, 0) is 14.3 Å². The van der Waals surface area contributed by atoms with E-state index in [2.05, 4.69) is 4.74 Å². The average molecular weight is 223 g/mol. The molecule has 15 heavy (non-hydrogen) atoms. The molecule has 0 saturated carbocycles. The Hall–Kier alpha value is -1.61. The molecule has 0 aromatic heterocycles. The zero-order chi connectivity index (χ0) is 10.8. The van der Waals surface area contributed by atoms with E-state index in [1.165, 1.54) is 0 Å². The third-order valence-electron chi connectivity index (χ3n) is 2.05. The normalized spacial score (nSPS) is 18.3. The molecule has 1 aliphatic heterocycles. The van der Waals surface area contributed by atoms with Gasteiger partial charge in [0, 0.05) is 10.6 Å². The summed E-state index contributed by atoms with van der Waals surface area (Å²) in [6.45, 7) is 0.0558. The summed E-state index contributed by atoms with van der Waals surface area (Å²) in [4.78, 5) is 22.0. The second-order valence-corrected chi connectivity index (χ2v) is 3.56. The molecule has 76 valence electrons. The number of carbonyl (C=O) groups is 2. The van der Waals surface area contributed by atoms with Crippen molar-refractivity contribution in [3.8, 4) is 0 Å². The number of hydrogen-bond donors (Lipinski definition) is 0. The summed E-state index contributed by atoms with van der Waals surface area (Å²) in [5.74, 6) is -1.35. The Bertz CT molecular complexity index is 445. The maximum atomic E-state index is 11.2. The molecular weight excluding hydrogens is 216 g/mol. The van der Waals surface area contributed by atoms with Crippen LogP contribution < -0.4 is 0 Å². The van der Waals surface area contributed by atoms with Crippen LogP contribution in [0.3, 0.4) is 0 Å². The first-order chi connectivity index (χ1) is 7.16. The Morgan fingerprint density at radius 2 is 1.87 bits per heavy atom. The van der Waals surface area contributed by atoms with Gasteiger partial charge in [-0.25, -0.2) is 4.79 Å². The molecule has 0 aliphatic carbocycles. The summed E-state index contributed by atoms with van der Waals surface area (Å²) in [5, 5.41) is 0.627. The Morgan fingerprint density at radius 1 is 1.20 bits per heavy atom. The molecule has 0 spiro atoms. The molecule has 1 aliphatic rings. The van der Waals surface area contributed by atoms with Gasteiger partial charge in [-0.05, 0) is 23.8 Å². The van der Waals surface area contributed by atoms with Gasteiger partial charge in [0.15, 0.2) is 0 Å². The van der Waals surface area contributed by atoms with Crippen LogP contribution in [0.2, 0.25) is 5.02 Å². The first kappa shape index (κ1) is 9.93. The number of hydrogen-bond acceptors (Lipinski definition) is 3. The van der Waals surface area contributed by atoms with Gasteiger partial charge in [-0.1, -0.05) is 23.7 Å². The number of Topliss-reactive ketones (excluding diaryl/α,β-unsaturated/α-hetero) is 1. The molecule has 0 amide bonds. The van der Waals surface area contributed by atoms with Crippen LogP contribution in [0, 0.1) is 0 Å². The fourth-order valence-electron chi connectivity index (χ4n) is 1.27. The van der Waals surface area contributed by atoms with Crippen LogP contribution in [0.15, 0.2) is 29.8 Å². The predicted molar refractivity (Wildman–Crippen MR) is 55.4 cm³/mol. The van der Waals surface area contributed by atoms with Gasteiger partial charge in [0.25, 0.3) is 5.78 Å². The summed E-state index contributed by atoms with van der Waals surface area (Å²) in [7, 11) is 0. The van der Waals surface area contributed by atoms with Crippen molar-refractivity contribution in [1.29, 1.82) is 0 Å². The molecule has 0 radical (unpaired) electrons. The van der Waals surface area contributed by atoms with E-state index in [1.54, 1.807) is 30.3 Å². The lowest BCUT2D eigenvalue weighted by molar-refractivity contribution is -0.146. The topological polar surface area (TPSA) is 43.4 Å². The van der Waals surface area contributed by atoms with Gasteiger partial charge in [-0.15, -0.1) is 0 Å². The number of rotatable bonds is 1. The molecule has 1 saturated heterocycles. The Kier molecular flexibility index (Phi) is 2.56. The molecule has 0 unspecified atom stereocenters. The number of esters is 1. The highest BCUT2D eigenvalue weighted by Crippen LogP contribution is 2.16. The number of benzene rings is 1.